The highest BCUT2D eigenvalue weighted by Crippen LogP contribution is 2.14. The van der Waals surface area contributed by atoms with Crippen molar-refractivity contribution in [3.8, 4) is 6.07 Å². The standard InChI is InChI=1S/C11H14N2OS/c1-9-5-8-15-10(9)11(14)13-7-4-2-3-6-12/h5,8H,2-4,7H2,1H3,(H,13,14). The molecule has 3 nitrogen and oxygen atoms in total. The number of hydrogen-bond donors (Lipinski definition) is 1. The van der Waals surface area contributed by atoms with E-state index < -0.39 is 0 Å². The number of hydrogen-bond acceptors (Lipinski definition) is 3. The van der Waals surface area contributed by atoms with Gasteiger partial charge in [-0.25, -0.2) is 0 Å². The van der Waals surface area contributed by atoms with E-state index in [0.29, 0.717) is 13.0 Å². The zero-order chi connectivity index (χ0) is 11.1. The predicted molar refractivity (Wildman–Crippen MR) is 60.9 cm³/mol. The molecule has 0 saturated carbocycles. The molecule has 0 atom stereocenters. The first-order valence-electron chi connectivity index (χ1n) is 4.95. The molecule has 0 radical (unpaired) electrons. The third-order valence-corrected chi connectivity index (χ3v) is 3.08. The molecule has 0 bridgehead atoms. The van der Waals surface area contributed by atoms with Gasteiger partial charge in [-0.2, -0.15) is 5.26 Å². The fourth-order valence-corrected chi connectivity index (χ4v) is 2.06. The maximum Gasteiger partial charge on any atom is 0.261 e. The van der Waals surface area contributed by atoms with Gasteiger partial charge >= 0.3 is 0 Å². The highest BCUT2D eigenvalue weighted by atomic mass is 32.1. The molecule has 0 spiro atoms. The molecule has 0 saturated heterocycles. The molecule has 0 aliphatic rings. The molecule has 0 unspecified atom stereocenters. The van der Waals surface area contributed by atoms with Gasteiger partial charge in [-0.15, -0.1) is 11.3 Å². The molecule has 1 aromatic rings. The van der Waals surface area contributed by atoms with Crippen LogP contribution in [0.3, 0.4) is 0 Å². The maximum absolute atomic E-state index is 11.6. The lowest BCUT2D eigenvalue weighted by atomic mass is 10.2. The number of aryl methyl sites for hydroxylation is 1. The fraction of sp³-hybridized carbons (Fsp3) is 0.455. The zero-order valence-corrected chi connectivity index (χ0v) is 9.56. The molecular formula is C11H14N2OS. The number of rotatable bonds is 5. The number of nitrogens with zero attached hydrogens (tertiary/aromatic N) is 1. The summed E-state index contributed by atoms with van der Waals surface area (Å²) in [7, 11) is 0. The number of carbonyl (C=O) groups excluding carboxylic acids is 1. The Kier molecular flexibility index (Phi) is 4.85. The van der Waals surface area contributed by atoms with Crippen LogP contribution in [0.4, 0.5) is 0 Å². The Morgan fingerprint density at radius 1 is 1.60 bits per heavy atom. The molecule has 1 aromatic heterocycles. The largest absolute Gasteiger partial charge is 0.351 e. The van der Waals surface area contributed by atoms with Crippen molar-refractivity contribution in [3.05, 3.63) is 21.9 Å². The van der Waals surface area contributed by atoms with E-state index in [0.717, 1.165) is 23.3 Å². The van der Waals surface area contributed by atoms with Crippen molar-refractivity contribution in [1.29, 1.82) is 5.26 Å². The lowest BCUT2D eigenvalue weighted by Crippen LogP contribution is -2.24. The molecule has 1 heterocycles. The van der Waals surface area contributed by atoms with Crippen LogP contribution in [-0.4, -0.2) is 12.5 Å². The second kappa shape index (κ2) is 6.20. The van der Waals surface area contributed by atoms with Gasteiger partial charge in [0.1, 0.15) is 0 Å². The second-order valence-corrected chi connectivity index (χ2v) is 4.22. The van der Waals surface area contributed by atoms with Gasteiger partial charge in [-0.1, -0.05) is 0 Å². The number of nitriles is 1. The van der Waals surface area contributed by atoms with Crippen molar-refractivity contribution in [2.75, 3.05) is 6.54 Å². The highest BCUT2D eigenvalue weighted by molar-refractivity contribution is 7.12. The van der Waals surface area contributed by atoms with Gasteiger partial charge in [0.25, 0.3) is 5.91 Å². The van der Waals surface area contributed by atoms with Crippen LogP contribution < -0.4 is 5.32 Å². The average molecular weight is 222 g/mol. The Morgan fingerprint density at radius 3 is 3.00 bits per heavy atom. The Morgan fingerprint density at radius 2 is 2.40 bits per heavy atom. The Bertz CT molecular complexity index is 365. The molecular weight excluding hydrogens is 208 g/mol. The van der Waals surface area contributed by atoms with Crippen LogP contribution in [0.2, 0.25) is 0 Å². The van der Waals surface area contributed by atoms with Gasteiger partial charge in [-0.05, 0) is 36.8 Å². The molecule has 15 heavy (non-hydrogen) atoms. The van der Waals surface area contributed by atoms with Crippen molar-refractivity contribution in [2.24, 2.45) is 0 Å². The van der Waals surface area contributed by atoms with Crippen molar-refractivity contribution in [2.45, 2.75) is 26.2 Å². The summed E-state index contributed by atoms with van der Waals surface area (Å²) in [6.45, 7) is 2.58. The van der Waals surface area contributed by atoms with E-state index in [1.165, 1.54) is 11.3 Å². The van der Waals surface area contributed by atoms with Crippen molar-refractivity contribution >= 4 is 17.2 Å². The van der Waals surface area contributed by atoms with E-state index in [9.17, 15) is 4.79 Å². The van der Waals surface area contributed by atoms with Crippen LogP contribution in [-0.2, 0) is 0 Å². The lowest BCUT2D eigenvalue weighted by Gasteiger charge is -2.02. The van der Waals surface area contributed by atoms with E-state index in [1.54, 1.807) is 0 Å². The number of thiophene rings is 1. The Labute approximate surface area is 93.7 Å². The number of amides is 1. The zero-order valence-electron chi connectivity index (χ0n) is 8.75. The van der Waals surface area contributed by atoms with Crippen molar-refractivity contribution in [1.82, 2.24) is 5.32 Å². The summed E-state index contributed by atoms with van der Waals surface area (Å²) < 4.78 is 0. The molecule has 0 aliphatic carbocycles. The quantitative estimate of drug-likeness (QED) is 0.778. The second-order valence-electron chi connectivity index (χ2n) is 3.30. The topological polar surface area (TPSA) is 52.9 Å². The third kappa shape index (κ3) is 3.72. The summed E-state index contributed by atoms with van der Waals surface area (Å²) >= 11 is 1.46. The Hall–Kier alpha value is -1.34. The number of unbranched alkanes of at least 4 members (excludes halogenated alkanes) is 2. The van der Waals surface area contributed by atoms with Gasteiger partial charge in [-0.3, -0.25) is 4.79 Å². The van der Waals surface area contributed by atoms with Crippen LogP contribution in [0.5, 0.6) is 0 Å². The molecule has 0 fully saturated rings. The van der Waals surface area contributed by atoms with Gasteiger partial charge in [0.05, 0.1) is 10.9 Å². The average Bonchev–Trinajstić information content (AvgIpc) is 2.64. The minimum Gasteiger partial charge on any atom is -0.351 e. The highest BCUT2D eigenvalue weighted by Gasteiger charge is 2.08. The molecule has 1 rings (SSSR count). The summed E-state index contributed by atoms with van der Waals surface area (Å²) in [5.74, 6) is -0.000502. The SMILES string of the molecule is Cc1ccsc1C(=O)NCCCCC#N. The van der Waals surface area contributed by atoms with Crippen LogP contribution in [0, 0.1) is 18.3 Å². The summed E-state index contributed by atoms with van der Waals surface area (Å²) in [6.07, 6.45) is 2.28. The third-order valence-electron chi connectivity index (χ3n) is 2.07. The molecule has 1 amide bonds. The monoisotopic (exact) mass is 222 g/mol. The Balaban J connectivity index is 2.26. The molecule has 1 N–H and O–H groups in total. The van der Waals surface area contributed by atoms with E-state index in [-0.39, 0.29) is 5.91 Å². The molecule has 0 aromatic carbocycles. The summed E-state index contributed by atoms with van der Waals surface area (Å²) in [6, 6.07) is 4.02. The summed E-state index contributed by atoms with van der Waals surface area (Å²) in [5.41, 5.74) is 1.02. The fourth-order valence-electron chi connectivity index (χ4n) is 1.22. The summed E-state index contributed by atoms with van der Waals surface area (Å²) in [4.78, 5) is 12.4. The first-order chi connectivity index (χ1) is 7.25. The van der Waals surface area contributed by atoms with Crippen LogP contribution in [0.25, 0.3) is 0 Å². The van der Waals surface area contributed by atoms with Crippen LogP contribution in [0.1, 0.15) is 34.5 Å². The molecule has 4 heteroatoms. The van der Waals surface area contributed by atoms with Crippen molar-refractivity contribution < 1.29 is 4.79 Å². The van der Waals surface area contributed by atoms with E-state index in [1.807, 2.05) is 18.4 Å². The summed E-state index contributed by atoms with van der Waals surface area (Å²) in [5, 5.41) is 13.1. The smallest absolute Gasteiger partial charge is 0.261 e. The van der Waals surface area contributed by atoms with Gasteiger partial charge in [0.2, 0.25) is 0 Å². The molecule has 0 aliphatic heterocycles. The van der Waals surface area contributed by atoms with Crippen LogP contribution >= 0.6 is 11.3 Å². The van der Waals surface area contributed by atoms with Gasteiger partial charge in [0.15, 0.2) is 0 Å². The maximum atomic E-state index is 11.6. The van der Waals surface area contributed by atoms with Gasteiger partial charge < -0.3 is 5.32 Å². The minimum atomic E-state index is -0.000502. The van der Waals surface area contributed by atoms with Crippen molar-refractivity contribution in [3.63, 3.8) is 0 Å². The van der Waals surface area contributed by atoms with Crippen LogP contribution in [0.15, 0.2) is 11.4 Å². The first-order valence-corrected chi connectivity index (χ1v) is 5.83. The number of nitrogens with one attached hydrogen (secondary N) is 1. The minimum absolute atomic E-state index is 0.000502. The molecule has 80 valence electrons. The normalized spacial score (nSPS) is 9.60. The van der Waals surface area contributed by atoms with E-state index in [2.05, 4.69) is 11.4 Å². The van der Waals surface area contributed by atoms with E-state index in [4.69, 9.17) is 5.26 Å². The first kappa shape index (κ1) is 11.7. The lowest BCUT2D eigenvalue weighted by molar-refractivity contribution is 0.0956. The van der Waals surface area contributed by atoms with Gasteiger partial charge in [0, 0.05) is 13.0 Å². The van der Waals surface area contributed by atoms with E-state index >= 15 is 0 Å². The predicted octanol–water partition coefficient (Wildman–Crippen LogP) is 2.48. The number of carbonyl (C=O) groups is 1.